The molecule has 0 unspecified atom stereocenters. The summed E-state index contributed by atoms with van der Waals surface area (Å²) < 4.78 is 27.3. The van der Waals surface area contributed by atoms with Crippen LogP contribution in [0.5, 0.6) is 0 Å². The summed E-state index contributed by atoms with van der Waals surface area (Å²) in [4.78, 5) is 16.4. The molecule has 1 amide bonds. The molecule has 0 saturated carbocycles. The van der Waals surface area contributed by atoms with E-state index in [1.54, 1.807) is 11.3 Å². The Balaban J connectivity index is 1.77. The van der Waals surface area contributed by atoms with Crippen molar-refractivity contribution in [3.05, 3.63) is 47.2 Å². The maximum absolute atomic E-state index is 12.4. The summed E-state index contributed by atoms with van der Waals surface area (Å²) >= 11 is 2.77. The van der Waals surface area contributed by atoms with Crippen molar-refractivity contribution in [2.24, 2.45) is 0 Å². The number of thiophene rings is 1. The molecule has 0 aliphatic rings. The highest BCUT2D eigenvalue weighted by Gasteiger charge is 2.16. The Morgan fingerprint density at radius 2 is 1.88 bits per heavy atom. The lowest BCUT2D eigenvalue weighted by molar-refractivity contribution is -0.114. The van der Waals surface area contributed by atoms with Crippen LogP contribution in [0.1, 0.15) is 6.92 Å². The van der Waals surface area contributed by atoms with Crippen LogP contribution in [0.15, 0.2) is 52.1 Å². The fraction of sp³-hybridized carbons (Fsp3) is 0.0667. The van der Waals surface area contributed by atoms with Crippen LogP contribution in [0, 0.1) is 0 Å². The van der Waals surface area contributed by atoms with Crippen LogP contribution < -0.4 is 10.0 Å². The Hall–Kier alpha value is -2.23. The molecule has 0 aliphatic heterocycles. The number of anilines is 2. The highest BCUT2D eigenvalue weighted by atomic mass is 32.2. The van der Waals surface area contributed by atoms with Gasteiger partial charge in [-0.25, -0.2) is 13.4 Å². The van der Waals surface area contributed by atoms with E-state index in [2.05, 4.69) is 15.0 Å². The molecule has 0 aliphatic carbocycles. The van der Waals surface area contributed by atoms with Crippen molar-refractivity contribution >= 4 is 49.4 Å². The summed E-state index contributed by atoms with van der Waals surface area (Å²) in [6, 6.07) is 9.78. The van der Waals surface area contributed by atoms with Gasteiger partial charge in [0, 0.05) is 18.0 Å². The van der Waals surface area contributed by atoms with Crippen molar-refractivity contribution < 1.29 is 13.2 Å². The van der Waals surface area contributed by atoms with Crippen molar-refractivity contribution in [3.8, 4) is 10.6 Å². The molecule has 0 atom stereocenters. The zero-order valence-electron chi connectivity index (χ0n) is 12.5. The van der Waals surface area contributed by atoms with Gasteiger partial charge in [-0.2, -0.15) is 0 Å². The lowest BCUT2D eigenvalue weighted by Gasteiger charge is -2.06. The zero-order valence-corrected chi connectivity index (χ0v) is 15.0. The van der Waals surface area contributed by atoms with E-state index in [9.17, 15) is 13.2 Å². The third-order valence-electron chi connectivity index (χ3n) is 2.98. The molecule has 0 bridgehead atoms. The summed E-state index contributed by atoms with van der Waals surface area (Å²) in [5, 5.41) is 6.65. The van der Waals surface area contributed by atoms with Gasteiger partial charge in [0.05, 0.1) is 15.5 Å². The van der Waals surface area contributed by atoms with Crippen molar-refractivity contribution in [2.75, 3.05) is 10.0 Å². The molecule has 0 fully saturated rings. The van der Waals surface area contributed by atoms with E-state index in [0.717, 1.165) is 10.6 Å². The molecule has 3 aromatic rings. The Labute approximate surface area is 147 Å². The van der Waals surface area contributed by atoms with Gasteiger partial charge in [0.25, 0.3) is 10.0 Å². The van der Waals surface area contributed by atoms with Crippen LogP contribution in [0.3, 0.4) is 0 Å². The van der Waals surface area contributed by atoms with E-state index in [4.69, 9.17) is 0 Å². The molecule has 2 heterocycles. The van der Waals surface area contributed by atoms with Gasteiger partial charge in [0.15, 0.2) is 5.13 Å². The number of hydrogen-bond acceptors (Lipinski definition) is 6. The number of benzene rings is 1. The molecule has 0 spiro atoms. The molecular weight excluding hydrogens is 366 g/mol. The van der Waals surface area contributed by atoms with Gasteiger partial charge in [0.2, 0.25) is 5.91 Å². The van der Waals surface area contributed by atoms with Crippen molar-refractivity contribution in [3.63, 3.8) is 0 Å². The molecule has 0 saturated heterocycles. The number of nitrogens with zero attached hydrogens (tertiary/aromatic N) is 1. The second kappa shape index (κ2) is 6.71. The minimum absolute atomic E-state index is 0.101. The third kappa shape index (κ3) is 3.81. The van der Waals surface area contributed by atoms with Gasteiger partial charge in [-0.1, -0.05) is 6.07 Å². The number of sulfonamides is 1. The number of carbonyl (C=O) groups is 1. The van der Waals surface area contributed by atoms with Gasteiger partial charge in [-0.3, -0.25) is 9.52 Å². The summed E-state index contributed by atoms with van der Waals surface area (Å²) in [6.07, 6.45) is 0. The first-order valence-corrected chi connectivity index (χ1v) is 10.1. The average molecular weight is 379 g/mol. The number of carbonyl (C=O) groups excluding carboxylic acids is 1. The van der Waals surface area contributed by atoms with E-state index < -0.39 is 10.0 Å². The molecule has 3 rings (SSSR count). The first-order valence-electron chi connectivity index (χ1n) is 6.84. The zero-order chi connectivity index (χ0) is 17.2. The number of rotatable bonds is 5. The third-order valence-corrected chi connectivity index (χ3v) is 6.12. The predicted molar refractivity (Wildman–Crippen MR) is 97.0 cm³/mol. The van der Waals surface area contributed by atoms with E-state index in [-0.39, 0.29) is 10.8 Å². The average Bonchev–Trinajstić information content (AvgIpc) is 3.17. The summed E-state index contributed by atoms with van der Waals surface area (Å²) in [6.45, 7) is 1.39. The van der Waals surface area contributed by atoms with E-state index in [0.29, 0.717) is 10.8 Å². The number of hydrogen-bond donors (Lipinski definition) is 2. The predicted octanol–water partition coefficient (Wildman–Crippen LogP) is 3.63. The van der Waals surface area contributed by atoms with Gasteiger partial charge in [0.1, 0.15) is 0 Å². The lowest BCUT2D eigenvalue weighted by Crippen LogP contribution is -2.13. The molecule has 124 valence electrons. The van der Waals surface area contributed by atoms with Crippen molar-refractivity contribution in [1.82, 2.24) is 4.98 Å². The Kier molecular flexibility index (Phi) is 4.65. The first kappa shape index (κ1) is 16.6. The monoisotopic (exact) mass is 379 g/mol. The van der Waals surface area contributed by atoms with Crippen LogP contribution in [-0.4, -0.2) is 19.3 Å². The molecular formula is C15H13N3O3S3. The molecule has 24 heavy (non-hydrogen) atoms. The molecule has 2 aromatic heterocycles. The van der Waals surface area contributed by atoms with Crippen molar-refractivity contribution in [2.45, 2.75) is 11.8 Å². The molecule has 2 N–H and O–H groups in total. The van der Waals surface area contributed by atoms with Crippen molar-refractivity contribution in [1.29, 1.82) is 0 Å². The highest BCUT2D eigenvalue weighted by molar-refractivity contribution is 7.93. The van der Waals surface area contributed by atoms with E-state index >= 15 is 0 Å². The van der Waals surface area contributed by atoms with Gasteiger partial charge < -0.3 is 5.32 Å². The first-order chi connectivity index (χ1) is 11.4. The summed E-state index contributed by atoms with van der Waals surface area (Å²) in [5.74, 6) is -0.215. The van der Waals surface area contributed by atoms with Crippen LogP contribution in [0.25, 0.3) is 10.6 Å². The minimum Gasteiger partial charge on any atom is -0.326 e. The SMILES string of the molecule is CC(=O)Nc1ccc(S(=O)(=O)Nc2nc(-c3cccs3)cs2)cc1. The molecule has 9 heteroatoms. The summed E-state index contributed by atoms with van der Waals surface area (Å²) in [7, 11) is -3.73. The van der Waals surface area contributed by atoms with Crippen LogP contribution >= 0.6 is 22.7 Å². The lowest BCUT2D eigenvalue weighted by atomic mass is 10.3. The quantitative estimate of drug-likeness (QED) is 0.708. The van der Waals surface area contributed by atoms with Crippen LogP contribution in [0.4, 0.5) is 10.8 Å². The topological polar surface area (TPSA) is 88.2 Å². The standard InChI is InChI=1S/C15H13N3O3S3/c1-10(19)16-11-4-6-12(7-5-11)24(20,21)18-15-17-13(9-23-15)14-3-2-8-22-14/h2-9H,1H3,(H,16,19)(H,17,18). The fourth-order valence-corrected chi connectivity index (χ4v) is 4.68. The second-order valence-electron chi connectivity index (χ2n) is 4.83. The van der Waals surface area contributed by atoms with E-state index in [1.807, 2.05) is 22.9 Å². The van der Waals surface area contributed by atoms with Crippen LogP contribution in [0.2, 0.25) is 0 Å². The number of thiazole rings is 1. The van der Waals surface area contributed by atoms with Crippen LogP contribution in [-0.2, 0) is 14.8 Å². The Morgan fingerprint density at radius 3 is 2.50 bits per heavy atom. The fourth-order valence-electron chi connectivity index (χ4n) is 1.95. The largest absolute Gasteiger partial charge is 0.326 e. The Morgan fingerprint density at radius 1 is 1.12 bits per heavy atom. The molecule has 0 radical (unpaired) electrons. The minimum atomic E-state index is -3.73. The van der Waals surface area contributed by atoms with Gasteiger partial charge in [-0.15, -0.1) is 22.7 Å². The Bertz CT molecular complexity index is 946. The smallest absolute Gasteiger partial charge is 0.263 e. The normalized spacial score (nSPS) is 11.2. The van der Waals surface area contributed by atoms with Gasteiger partial charge >= 0.3 is 0 Å². The molecule has 1 aromatic carbocycles. The maximum atomic E-state index is 12.4. The number of amides is 1. The highest BCUT2D eigenvalue weighted by Crippen LogP contribution is 2.29. The molecule has 6 nitrogen and oxygen atoms in total. The van der Waals surface area contributed by atoms with Gasteiger partial charge in [-0.05, 0) is 35.7 Å². The van der Waals surface area contributed by atoms with E-state index in [1.165, 1.54) is 42.5 Å². The summed E-state index contributed by atoms with van der Waals surface area (Å²) in [5.41, 5.74) is 1.28. The number of aromatic nitrogens is 1. The maximum Gasteiger partial charge on any atom is 0.263 e. The second-order valence-corrected chi connectivity index (χ2v) is 8.31. The number of nitrogens with one attached hydrogen (secondary N) is 2.